The first-order valence-electron chi connectivity index (χ1n) is 8.04. The summed E-state index contributed by atoms with van der Waals surface area (Å²) in [5.41, 5.74) is 5.44. The van der Waals surface area contributed by atoms with Crippen molar-refractivity contribution in [2.24, 2.45) is 0 Å². The van der Waals surface area contributed by atoms with E-state index < -0.39 is 22.9 Å². The highest BCUT2D eigenvalue weighted by molar-refractivity contribution is 8.00. The third-order valence-corrected chi connectivity index (χ3v) is 4.54. The molecule has 0 saturated heterocycles. The van der Waals surface area contributed by atoms with Crippen molar-refractivity contribution in [3.05, 3.63) is 66.0 Å². The molecule has 2 aromatic carbocycles. The molecule has 7 nitrogen and oxygen atoms in total. The van der Waals surface area contributed by atoms with Crippen LogP contribution in [0, 0.1) is 5.82 Å². The van der Waals surface area contributed by atoms with Crippen LogP contribution in [0.1, 0.15) is 17.3 Å². The van der Waals surface area contributed by atoms with Crippen LogP contribution in [0.15, 0.2) is 59.8 Å². The van der Waals surface area contributed by atoms with E-state index in [0.29, 0.717) is 16.3 Å². The predicted molar refractivity (Wildman–Crippen MR) is 99.1 cm³/mol. The van der Waals surface area contributed by atoms with Crippen molar-refractivity contribution in [1.29, 1.82) is 0 Å². The van der Waals surface area contributed by atoms with Crippen molar-refractivity contribution < 1.29 is 14.0 Å². The zero-order valence-electron chi connectivity index (χ0n) is 14.3. The standard InChI is InChI=1S/C18H16FN5O2S/c1-11(16(25)22-23-17(26)12-7-3-2-4-8-12)27-18-20-15(21-24-18)13-9-5-6-10-14(13)19/h2-11H,1H3,(H,22,25)(H,23,26)(H,20,21,24)/t11-/m1/s1. The van der Waals surface area contributed by atoms with E-state index >= 15 is 0 Å². The lowest BCUT2D eigenvalue weighted by atomic mass is 10.2. The van der Waals surface area contributed by atoms with E-state index in [1.54, 1.807) is 55.5 Å². The topological polar surface area (TPSA) is 99.8 Å². The lowest BCUT2D eigenvalue weighted by Gasteiger charge is -2.11. The van der Waals surface area contributed by atoms with Gasteiger partial charge >= 0.3 is 0 Å². The molecule has 3 rings (SSSR count). The third kappa shape index (κ3) is 4.70. The molecule has 27 heavy (non-hydrogen) atoms. The van der Waals surface area contributed by atoms with Gasteiger partial charge in [0, 0.05) is 5.56 Å². The summed E-state index contributed by atoms with van der Waals surface area (Å²) >= 11 is 1.08. The van der Waals surface area contributed by atoms with E-state index in [1.165, 1.54) is 6.07 Å². The number of aromatic nitrogens is 3. The number of nitrogens with zero attached hydrogens (tertiary/aromatic N) is 2. The van der Waals surface area contributed by atoms with Crippen molar-refractivity contribution in [2.45, 2.75) is 17.3 Å². The van der Waals surface area contributed by atoms with E-state index in [1.807, 2.05) is 0 Å². The molecule has 0 aliphatic heterocycles. The van der Waals surface area contributed by atoms with Crippen molar-refractivity contribution in [3.63, 3.8) is 0 Å². The fourth-order valence-electron chi connectivity index (χ4n) is 2.17. The Morgan fingerprint density at radius 3 is 2.52 bits per heavy atom. The number of carbonyl (C=O) groups excluding carboxylic acids is 2. The summed E-state index contributed by atoms with van der Waals surface area (Å²) < 4.78 is 13.8. The Hall–Kier alpha value is -3.20. The number of thioether (sulfide) groups is 1. The second-order valence-electron chi connectivity index (χ2n) is 5.52. The summed E-state index contributed by atoms with van der Waals surface area (Å²) in [6, 6.07) is 14.7. The van der Waals surface area contributed by atoms with Gasteiger partial charge in [-0.2, -0.15) is 0 Å². The second-order valence-corrected chi connectivity index (χ2v) is 6.82. The normalized spacial score (nSPS) is 11.6. The molecular weight excluding hydrogens is 369 g/mol. The number of H-pyrrole nitrogens is 1. The summed E-state index contributed by atoms with van der Waals surface area (Å²) in [7, 11) is 0. The van der Waals surface area contributed by atoms with Crippen LogP contribution < -0.4 is 10.9 Å². The van der Waals surface area contributed by atoms with Gasteiger partial charge in [0.05, 0.1) is 10.8 Å². The van der Waals surface area contributed by atoms with Gasteiger partial charge in [-0.3, -0.25) is 25.5 Å². The number of carbonyl (C=O) groups is 2. The van der Waals surface area contributed by atoms with Crippen molar-refractivity contribution in [1.82, 2.24) is 26.0 Å². The minimum atomic E-state index is -0.578. The fraction of sp³-hybridized carbons (Fsp3) is 0.111. The van der Waals surface area contributed by atoms with Crippen molar-refractivity contribution >= 4 is 23.6 Å². The molecular formula is C18H16FN5O2S. The lowest BCUT2D eigenvalue weighted by molar-refractivity contribution is -0.121. The molecule has 9 heteroatoms. The van der Waals surface area contributed by atoms with Crippen LogP contribution in [0.4, 0.5) is 4.39 Å². The Kier molecular flexibility index (Phi) is 5.82. The smallest absolute Gasteiger partial charge is 0.269 e. The first kappa shape index (κ1) is 18.6. The zero-order chi connectivity index (χ0) is 19.2. The van der Waals surface area contributed by atoms with Crippen molar-refractivity contribution in [3.8, 4) is 11.4 Å². The molecule has 0 radical (unpaired) electrons. The number of hydrogen-bond donors (Lipinski definition) is 3. The number of hydrazine groups is 1. The van der Waals surface area contributed by atoms with Gasteiger partial charge in [0.1, 0.15) is 5.82 Å². The Morgan fingerprint density at radius 1 is 1.07 bits per heavy atom. The highest BCUT2D eigenvalue weighted by Gasteiger charge is 2.19. The SMILES string of the molecule is C[C@@H](Sc1n[nH]c(-c2ccccc2F)n1)C(=O)NNC(=O)c1ccccc1. The average molecular weight is 385 g/mol. The molecule has 0 bridgehead atoms. The van der Waals surface area contributed by atoms with Gasteiger partial charge in [-0.1, -0.05) is 42.1 Å². The number of amides is 2. The molecule has 0 fully saturated rings. The third-order valence-electron chi connectivity index (χ3n) is 3.58. The van der Waals surface area contributed by atoms with E-state index in [-0.39, 0.29) is 5.82 Å². The zero-order valence-corrected chi connectivity index (χ0v) is 15.1. The summed E-state index contributed by atoms with van der Waals surface area (Å²) in [4.78, 5) is 28.3. The molecule has 138 valence electrons. The summed E-state index contributed by atoms with van der Waals surface area (Å²) in [6.45, 7) is 1.65. The maximum atomic E-state index is 13.8. The minimum absolute atomic E-state index is 0.278. The Labute approximate surface area is 158 Å². The van der Waals surface area contributed by atoms with E-state index in [4.69, 9.17) is 0 Å². The average Bonchev–Trinajstić information content (AvgIpc) is 3.15. The molecule has 0 aliphatic rings. The molecule has 1 heterocycles. The Balaban J connectivity index is 1.56. The number of hydrogen-bond acceptors (Lipinski definition) is 5. The Bertz CT molecular complexity index is 948. The van der Waals surface area contributed by atoms with Gasteiger partial charge in [-0.05, 0) is 31.2 Å². The molecule has 0 saturated carbocycles. The van der Waals surface area contributed by atoms with Gasteiger partial charge in [-0.15, -0.1) is 5.10 Å². The quantitative estimate of drug-likeness (QED) is 0.463. The monoisotopic (exact) mass is 385 g/mol. The highest BCUT2D eigenvalue weighted by Crippen LogP contribution is 2.24. The van der Waals surface area contributed by atoms with Gasteiger partial charge < -0.3 is 0 Å². The number of benzene rings is 2. The first-order valence-corrected chi connectivity index (χ1v) is 8.92. The molecule has 0 unspecified atom stereocenters. The molecule has 3 N–H and O–H groups in total. The molecule has 2 amide bonds. The predicted octanol–water partition coefficient (Wildman–Crippen LogP) is 2.55. The Morgan fingerprint density at radius 2 is 1.78 bits per heavy atom. The maximum absolute atomic E-state index is 13.8. The molecule has 1 aromatic heterocycles. The van der Waals surface area contributed by atoms with E-state index in [2.05, 4.69) is 26.0 Å². The minimum Gasteiger partial charge on any atom is -0.272 e. The maximum Gasteiger partial charge on any atom is 0.269 e. The first-order chi connectivity index (χ1) is 13.0. The molecule has 0 aliphatic carbocycles. The van der Waals surface area contributed by atoms with Crippen LogP contribution in [0.5, 0.6) is 0 Å². The molecule has 1 atom stereocenters. The largest absolute Gasteiger partial charge is 0.272 e. The van der Waals surface area contributed by atoms with Crippen LogP contribution in [-0.4, -0.2) is 32.2 Å². The second kappa shape index (κ2) is 8.45. The highest BCUT2D eigenvalue weighted by atomic mass is 32.2. The fourth-order valence-corrected chi connectivity index (χ4v) is 2.89. The van der Waals surface area contributed by atoms with E-state index in [9.17, 15) is 14.0 Å². The molecule has 3 aromatic rings. The van der Waals surface area contributed by atoms with Crippen LogP contribution in [-0.2, 0) is 4.79 Å². The summed E-state index contributed by atoms with van der Waals surface area (Å²) in [5, 5.41) is 6.37. The summed E-state index contributed by atoms with van der Waals surface area (Å²) in [5.74, 6) is -0.970. The molecule has 0 spiro atoms. The van der Waals surface area contributed by atoms with Crippen LogP contribution in [0.25, 0.3) is 11.4 Å². The number of nitrogens with one attached hydrogen (secondary N) is 3. The lowest BCUT2D eigenvalue weighted by Crippen LogP contribution is -2.44. The van der Waals surface area contributed by atoms with Gasteiger partial charge in [-0.25, -0.2) is 9.37 Å². The number of rotatable bonds is 5. The van der Waals surface area contributed by atoms with Crippen LogP contribution in [0.3, 0.4) is 0 Å². The van der Waals surface area contributed by atoms with Crippen LogP contribution >= 0.6 is 11.8 Å². The van der Waals surface area contributed by atoms with Gasteiger partial charge in [0.2, 0.25) is 5.16 Å². The van der Waals surface area contributed by atoms with Gasteiger partial charge in [0.25, 0.3) is 11.8 Å². The number of halogens is 1. The summed E-state index contributed by atoms with van der Waals surface area (Å²) in [6.07, 6.45) is 0. The van der Waals surface area contributed by atoms with Gasteiger partial charge in [0.15, 0.2) is 5.82 Å². The van der Waals surface area contributed by atoms with Crippen LogP contribution in [0.2, 0.25) is 0 Å². The van der Waals surface area contributed by atoms with Crippen molar-refractivity contribution in [2.75, 3.05) is 0 Å². The number of aromatic amines is 1. The van der Waals surface area contributed by atoms with E-state index in [0.717, 1.165) is 11.8 Å².